The molecule has 1 amide bonds. The van der Waals surface area contributed by atoms with E-state index in [1.54, 1.807) is 18.8 Å². The number of hydrogen-bond acceptors (Lipinski definition) is 4. The van der Waals surface area contributed by atoms with Gasteiger partial charge in [-0.3, -0.25) is 9.48 Å². The quantitative estimate of drug-likeness (QED) is 0.712. The molecule has 0 radical (unpaired) electrons. The second kappa shape index (κ2) is 7.26. The highest BCUT2D eigenvalue weighted by molar-refractivity contribution is 8.13. The van der Waals surface area contributed by atoms with Crippen LogP contribution in [0.1, 0.15) is 38.1 Å². The van der Waals surface area contributed by atoms with E-state index >= 15 is 0 Å². The average Bonchev–Trinajstić information content (AvgIpc) is 2.76. The molecule has 6 nitrogen and oxygen atoms in total. The first kappa shape index (κ1) is 18.0. The fourth-order valence-corrected chi connectivity index (χ4v) is 3.71. The van der Waals surface area contributed by atoms with Crippen LogP contribution in [0.4, 0.5) is 0 Å². The zero-order chi connectivity index (χ0) is 16.2. The van der Waals surface area contributed by atoms with Gasteiger partial charge in [0.05, 0.1) is 11.4 Å². The molecule has 0 N–H and O–H groups in total. The Kier molecular flexibility index (Phi) is 6.22. The third kappa shape index (κ3) is 4.44. The molecule has 21 heavy (non-hydrogen) atoms. The van der Waals surface area contributed by atoms with E-state index in [9.17, 15) is 13.2 Å². The Morgan fingerprint density at radius 3 is 2.33 bits per heavy atom. The highest BCUT2D eigenvalue weighted by Gasteiger charge is 2.25. The largest absolute Gasteiger partial charge is 0.349 e. The van der Waals surface area contributed by atoms with E-state index in [-0.39, 0.29) is 10.8 Å². The minimum absolute atomic E-state index is 0.0427. The number of halogens is 1. The maximum atomic E-state index is 11.7. The van der Waals surface area contributed by atoms with Crippen molar-refractivity contribution < 1.29 is 13.2 Å². The number of carbonyl (C=O) groups is 1. The maximum Gasteiger partial charge on any atom is 0.264 e. The first-order chi connectivity index (χ1) is 9.72. The molecule has 0 fully saturated rings. The first-order valence-electron chi connectivity index (χ1n) is 6.95. The molecule has 1 rings (SSSR count). The van der Waals surface area contributed by atoms with Crippen LogP contribution >= 0.6 is 10.7 Å². The summed E-state index contributed by atoms with van der Waals surface area (Å²) in [6.07, 6.45) is 2.03. The van der Waals surface area contributed by atoms with E-state index in [2.05, 4.69) is 5.10 Å². The number of rotatable bonds is 7. The summed E-state index contributed by atoms with van der Waals surface area (Å²) in [6.45, 7) is 4.21. The van der Waals surface area contributed by atoms with Crippen molar-refractivity contribution in [3.05, 3.63) is 11.4 Å². The summed E-state index contributed by atoms with van der Waals surface area (Å²) in [5.74, 6) is 0.0427. The lowest BCUT2D eigenvalue weighted by atomic mass is 10.2. The molecule has 0 saturated carbocycles. The molecule has 0 atom stereocenters. The molecule has 0 aromatic carbocycles. The second-order valence-corrected chi connectivity index (χ2v) is 7.49. The van der Waals surface area contributed by atoms with Gasteiger partial charge in [-0.15, -0.1) is 0 Å². The van der Waals surface area contributed by atoms with E-state index in [0.717, 1.165) is 0 Å². The summed E-state index contributed by atoms with van der Waals surface area (Å²) in [5, 5.41) is 4.34. The van der Waals surface area contributed by atoms with Crippen molar-refractivity contribution in [2.24, 2.45) is 0 Å². The molecule has 0 aliphatic carbocycles. The van der Waals surface area contributed by atoms with Gasteiger partial charge in [0.1, 0.15) is 4.90 Å². The van der Waals surface area contributed by atoms with Crippen molar-refractivity contribution >= 4 is 25.6 Å². The van der Waals surface area contributed by atoms with Crippen LogP contribution in [-0.2, 0) is 33.2 Å². The van der Waals surface area contributed by atoms with E-state index in [0.29, 0.717) is 43.6 Å². The molecule has 1 aromatic heterocycles. The van der Waals surface area contributed by atoms with Crippen molar-refractivity contribution in [3.63, 3.8) is 0 Å². The van der Waals surface area contributed by atoms with Gasteiger partial charge in [0.25, 0.3) is 9.05 Å². The third-order valence-electron chi connectivity index (χ3n) is 3.25. The summed E-state index contributed by atoms with van der Waals surface area (Å²) in [7, 11) is 5.13. The number of nitrogens with zero attached hydrogens (tertiary/aromatic N) is 3. The van der Waals surface area contributed by atoms with E-state index in [1.165, 1.54) is 4.90 Å². The Labute approximate surface area is 130 Å². The highest BCUT2D eigenvalue weighted by atomic mass is 35.7. The van der Waals surface area contributed by atoms with Crippen LogP contribution in [0.25, 0.3) is 0 Å². The molecule has 0 bridgehead atoms. The van der Waals surface area contributed by atoms with Crippen molar-refractivity contribution in [1.29, 1.82) is 0 Å². The lowest BCUT2D eigenvalue weighted by Crippen LogP contribution is -2.21. The highest BCUT2D eigenvalue weighted by Crippen LogP contribution is 2.25. The standard InChI is InChI=1S/C13H22ClN3O3S/c1-5-10-13(21(14,19)20)11(6-2)17(15-10)9-7-8-12(18)16(3)4/h5-9H2,1-4H3. The minimum atomic E-state index is -3.81. The molecular weight excluding hydrogens is 314 g/mol. The van der Waals surface area contributed by atoms with Gasteiger partial charge in [0.15, 0.2) is 0 Å². The van der Waals surface area contributed by atoms with Gasteiger partial charge in [-0.2, -0.15) is 5.10 Å². The SMILES string of the molecule is CCc1nn(CCCC(=O)N(C)C)c(CC)c1S(=O)(=O)Cl. The molecule has 120 valence electrons. The van der Waals surface area contributed by atoms with Gasteiger partial charge in [-0.25, -0.2) is 8.42 Å². The fraction of sp³-hybridized carbons (Fsp3) is 0.692. The summed E-state index contributed by atoms with van der Waals surface area (Å²) in [5.41, 5.74) is 1.10. The van der Waals surface area contributed by atoms with E-state index in [4.69, 9.17) is 10.7 Å². The summed E-state index contributed by atoms with van der Waals surface area (Å²) < 4.78 is 25.1. The molecule has 0 saturated heterocycles. The van der Waals surface area contributed by atoms with Crippen LogP contribution in [0, 0.1) is 0 Å². The van der Waals surface area contributed by atoms with Crippen molar-refractivity contribution in [2.75, 3.05) is 14.1 Å². The maximum absolute atomic E-state index is 11.7. The van der Waals surface area contributed by atoms with Gasteiger partial charge >= 0.3 is 0 Å². The zero-order valence-electron chi connectivity index (χ0n) is 12.9. The second-order valence-electron chi connectivity index (χ2n) is 4.98. The van der Waals surface area contributed by atoms with Crippen LogP contribution in [0.3, 0.4) is 0 Å². The molecule has 0 aliphatic heterocycles. The van der Waals surface area contributed by atoms with Gasteiger partial charge in [-0.05, 0) is 19.3 Å². The Morgan fingerprint density at radius 2 is 1.90 bits per heavy atom. The normalized spacial score (nSPS) is 11.7. The number of amides is 1. The fourth-order valence-electron chi connectivity index (χ4n) is 2.18. The predicted molar refractivity (Wildman–Crippen MR) is 81.9 cm³/mol. The van der Waals surface area contributed by atoms with Crippen LogP contribution in [0.15, 0.2) is 4.90 Å². The molecule has 0 spiro atoms. The van der Waals surface area contributed by atoms with Gasteiger partial charge in [0, 0.05) is 37.7 Å². The molecular formula is C13H22ClN3O3S. The van der Waals surface area contributed by atoms with Gasteiger partial charge in [0.2, 0.25) is 5.91 Å². The number of hydrogen-bond donors (Lipinski definition) is 0. The Bertz CT molecular complexity index is 608. The molecule has 1 aromatic rings. The molecule has 0 unspecified atom stereocenters. The summed E-state index contributed by atoms with van der Waals surface area (Å²) >= 11 is 0. The molecule has 8 heteroatoms. The van der Waals surface area contributed by atoms with Gasteiger partial charge < -0.3 is 4.90 Å². The Balaban J connectivity index is 2.99. The number of aryl methyl sites for hydroxylation is 2. The van der Waals surface area contributed by atoms with E-state index in [1.807, 2.05) is 13.8 Å². The molecule has 0 aliphatic rings. The number of aromatic nitrogens is 2. The van der Waals surface area contributed by atoms with Crippen LogP contribution in [0.5, 0.6) is 0 Å². The monoisotopic (exact) mass is 335 g/mol. The third-order valence-corrected chi connectivity index (χ3v) is 4.67. The van der Waals surface area contributed by atoms with Crippen molar-refractivity contribution in [2.45, 2.75) is 51.0 Å². The minimum Gasteiger partial charge on any atom is -0.349 e. The predicted octanol–water partition coefficient (Wildman–Crippen LogP) is 1.80. The Hall–Kier alpha value is -1.08. The lowest BCUT2D eigenvalue weighted by Gasteiger charge is -2.10. The molecule has 1 heterocycles. The topological polar surface area (TPSA) is 72.3 Å². The smallest absolute Gasteiger partial charge is 0.264 e. The van der Waals surface area contributed by atoms with Gasteiger partial charge in [-0.1, -0.05) is 13.8 Å². The van der Waals surface area contributed by atoms with Crippen molar-refractivity contribution in [3.8, 4) is 0 Å². The van der Waals surface area contributed by atoms with Crippen LogP contribution in [-0.4, -0.2) is 43.1 Å². The summed E-state index contributed by atoms with van der Waals surface area (Å²) in [4.78, 5) is 13.2. The first-order valence-corrected chi connectivity index (χ1v) is 9.26. The lowest BCUT2D eigenvalue weighted by molar-refractivity contribution is -0.128. The number of carbonyl (C=O) groups excluding carboxylic acids is 1. The van der Waals surface area contributed by atoms with Crippen molar-refractivity contribution in [1.82, 2.24) is 14.7 Å². The average molecular weight is 336 g/mol. The van der Waals surface area contributed by atoms with Crippen LogP contribution < -0.4 is 0 Å². The van der Waals surface area contributed by atoms with E-state index < -0.39 is 9.05 Å². The zero-order valence-corrected chi connectivity index (χ0v) is 14.5. The van der Waals surface area contributed by atoms with Crippen LogP contribution in [0.2, 0.25) is 0 Å². The Morgan fingerprint density at radius 1 is 1.29 bits per heavy atom. The summed E-state index contributed by atoms with van der Waals surface area (Å²) in [6, 6.07) is 0.